The van der Waals surface area contributed by atoms with E-state index in [4.69, 9.17) is 0 Å². The number of sulfonamides is 1. The van der Waals surface area contributed by atoms with E-state index in [1.54, 1.807) is 19.2 Å². The Kier molecular flexibility index (Phi) is 6.41. The van der Waals surface area contributed by atoms with Crippen molar-refractivity contribution < 1.29 is 17.6 Å². The highest BCUT2D eigenvalue weighted by Gasteiger charge is 2.30. The monoisotopic (exact) mass is 433 g/mol. The molecule has 0 aliphatic heterocycles. The number of hydrogen-bond donors (Lipinski definition) is 2. The molecule has 2 aromatic carbocycles. The maximum Gasteiger partial charge on any atom is 0.244 e. The van der Waals surface area contributed by atoms with E-state index >= 15 is 0 Å². The standard InChI is InChI=1S/C20H20FN3O3S2/c1-13(2)18(24-29(26,27)17-11-7-6-10-15(17)21)19(25)23-20-22-16(12-28-20)14-8-4-3-5-9-14/h3-13,18,24H,1-2H3,(H,22,23,25). The molecule has 1 aromatic heterocycles. The van der Waals surface area contributed by atoms with Crippen molar-refractivity contribution in [1.29, 1.82) is 0 Å². The highest BCUT2D eigenvalue weighted by molar-refractivity contribution is 7.89. The van der Waals surface area contributed by atoms with E-state index in [0.717, 1.165) is 17.7 Å². The summed E-state index contributed by atoms with van der Waals surface area (Å²) in [6, 6.07) is 13.4. The van der Waals surface area contributed by atoms with Gasteiger partial charge >= 0.3 is 0 Å². The minimum atomic E-state index is -4.21. The molecule has 0 radical (unpaired) electrons. The lowest BCUT2D eigenvalue weighted by Crippen LogP contribution is -2.47. The number of aromatic nitrogens is 1. The topological polar surface area (TPSA) is 88.2 Å². The summed E-state index contributed by atoms with van der Waals surface area (Å²) >= 11 is 1.24. The zero-order valence-electron chi connectivity index (χ0n) is 15.8. The Bertz CT molecular complexity index is 1100. The summed E-state index contributed by atoms with van der Waals surface area (Å²) in [6.07, 6.45) is 0. The van der Waals surface area contributed by atoms with Crippen molar-refractivity contribution >= 4 is 32.4 Å². The molecule has 3 rings (SSSR count). The van der Waals surface area contributed by atoms with Crippen LogP contribution in [0.4, 0.5) is 9.52 Å². The van der Waals surface area contributed by atoms with Crippen molar-refractivity contribution in [3.63, 3.8) is 0 Å². The second-order valence-corrected chi connectivity index (χ2v) is 9.21. The number of carbonyl (C=O) groups is 1. The number of benzene rings is 2. The third-order valence-corrected chi connectivity index (χ3v) is 6.39. The van der Waals surface area contributed by atoms with E-state index < -0.39 is 32.7 Å². The number of carbonyl (C=O) groups excluding carboxylic acids is 1. The molecule has 0 aliphatic rings. The number of halogens is 1. The molecule has 1 amide bonds. The first-order valence-electron chi connectivity index (χ1n) is 8.86. The minimum Gasteiger partial charge on any atom is -0.301 e. The summed E-state index contributed by atoms with van der Waals surface area (Å²) in [7, 11) is -4.21. The van der Waals surface area contributed by atoms with Crippen molar-refractivity contribution in [3.05, 3.63) is 65.8 Å². The Hall–Kier alpha value is -2.62. The smallest absolute Gasteiger partial charge is 0.244 e. The molecule has 3 aromatic rings. The lowest BCUT2D eigenvalue weighted by Gasteiger charge is -2.21. The Morgan fingerprint density at radius 2 is 1.72 bits per heavy atom. The second kappa shape index (κ2) is 8.81. The molecule has 9 heteroatoms. The number of hydrogen-bond acceptors (Lipinski definition) is 5. The fourth-order valence-corrected chi connectivity index (χ4v) is 4.79. The first-order valence-corrected chi connectivity index (χ1v) is 11.2. The van der Waals surface area contributed by atoms with Crippen LogP contribution in [0.5, 0.6) is 0 Å². The first-order chi connectivity index (χ1) is 13.8. The van der Waals surface area contributed by atoms with Crippen LogP contribution in [-0.4, -0.2) is 25.4 Å². The number of nitrogens with one attached hydrogen (secondary N) is 2. The van der Waals surface area contributed by atoms with Crippen LogP contribution in [0.1, 0.15) is 13.8 Å². The van der Waals surface area contributed by atoms with Gasteiger partial charge in [0.15, 0.2) is 5.13 Å². The second-order valence-electron chi connectivity index (χ2n) is 6.67. The molecule has 2 N–H and O–H groups in total. The summed E-state index contributed by atoms with van der Waals surface area (Å²) < 4.78 is 41.4. The molecule has 0 spiro atoms. The van der Waals surface area contributed by atoms with E-state index in [-0.39, 0.29) is 5.92 Å². The minimum absolute atomic E-state index is 0.351. The summed E-state index contributed by atoms with van der Waals surface area (Å²) in [5.41, 5.74) is 1.61. The van der Waals surface area contributed by atoms with Gasteiger partial charge in [-0.05, 0) is 18.1 Å². The lowest BCUT2D eigenvalue weighted by atomic mass is 10.1. The average Bonchev–Trinajstić information content (AvgIpc) is 3.15. The lowest BCUT2D eigenvalue weighted by molar-refractivity contribution is -0.118. The van der Waals surface area contributed by atoms with Crippen LogP contribution in [0.3, 0.4) is 0 Å². The predicted octanol–water partition coefficient (Wildman–Crippen LogP) is 3.89. The van der Waals surface area contributed by atoms with Gasteiger partial charge in [-0.2, -0.15) is 4.72 Å². The van der Waals surface area contributed by atoms with E-state index in [0.29, 0.717) is 10.8 Å². The Morgan fingerprint density at radius 3 is 2.38 bits per heavy atom. The molecule has 0 saturated carbocycles. The molecule has 0 fully saturated rings. The number of anilines is 1. The average molecular weight is 434 g/mol. The molecule has 1 unspecified atom stereocenters. The van der Waals surface area contributed by atoms with E-state index in [1.807, 2.05) is 30.3 Å². The van der Waals surface area contributed by atoms with Crippen molar-refractivity contribution in [2.75, 3.05) is 5.32 Å². The van der Waals surface area contributed by atoms with Crippen LogP contribution in [0.25, 0.3) is 11.3 Å². The van der Waals surface area contributed by atoms with Gasteiger partial charge in [0.05, 0.1) is 5.69 Å². The quantitative estimate of drug-likeness (QED) is 0.592. The fraction of sp³-hybridized carbons (Fsp3) is 0.200. The normalized spacial score (nSPS) is 12.7. The summed E-state index contributed by atoms with van der Waals surface area (Å²) in [5.74, 6) is -1.81. The summed E-state index contributed by atoms with van der Waals surface area (Å²) in [6.45, 7) is 3.40. The molecule has 29 heavy (non-hydrogen) atoms. The number of thiazole rings is 1. The van der Waals surface area contributed by atoms with E-state index in [2.05, 4.69) is 15.0 Å². The van der Waals surface area contributed by atoms with Crippen molar-refractivity contribution in [2.45, 2.75) is 24.8 Å². The third-order valence-electron chi connectivity index (χ3n) is 4.16. The Labute approximate surface area is 172 Å². The van der Waals surface area contributed by atoms with Crippen LogP contribution >= 0.6 is 11.3 Å². The SMILES string of the molecule is CC(C)C(NS(=O)(=O)c1ccccc1F)C(=O)Nc1nc(-c2ccccc2)cs1. The van der Waals surface area contributed by atoms with Gasteiger partial charge in [0.25, 0.3) is 0 Å². The molecule has 0 aliphatic carbocycles. The van der Waals surface area contributed by atoms with Gasteiger partial charge in [-0.3, -0.25) is 4.79 Å². The van der Waals surface area contributed by atoms with Crippen LogP contribution in [0, 0.1) is 11.7 Å². The summed E-state index contributed by atoms with van der Waals surface area (Å²) in [4.78, 5) is 16.6. The van der Waals surface area contributed by atoms with Crippen LogP contribution in [0.2, 0.25) is 0 Å². The van der Waals surface area contributed by atoms with E-state index in [9.17, 15) is 17.6 Å². The number of amides is 1. The van der Waals surface area contributed by atoms with E-state index in [1.165, 1.54) is 23.5 Å². The van der Waals surface area contributed by atoms with Gasteiger partial charge in [0, 0.05) is 10.9 Å². The summed E-state index contributed by atoms with van der Waals surface area (Å²) in [5, 5.41) is 4.81. The van der Waals surface area contributed by atoms with Gasteiger partial charge < -0.3 is 5.32 Å². The van der Waals surface area contributed by atoms with Gasteiger partial charge in [0.1, 0.15) is 16.8 Å². The highest BCUT2D eigenvalue weighted by atomic mass is 32.2. The van der Waals surface area contributed by atoms with Crippen molar-refractivity contribution in [3.8, 4) is 11.3 Å². The van der Waals surface area contributed by atoms with Gasteiger partial charge in [0.2, 0.25) is 15.9 Å². The highest BCUT2D eigenvalue weighted by Crippen LogP contribution is 2.25. The molecule has 0 saturated heterocycles. The van der Waals surface area contributed by atoms with Crippen LogP contribution in [0.15, 0.2) is 64.9 Å². The molecule has 152 valence electrons. The zero-order chi connectivity index (χ0) is 21.0. The maximum absolute atomic E-state index is 13.9. The fourth-order valence-electron chi connectivity index (χ4n) is 2.64. The molecular formula is C20H20FN3O3S2. The van der Waals surface area contributed by atoms with Crippen LogP contribution < -0.4 is 10.0 Å². The van der Waals surface area contributed by atoms with Gasteiger partial charge in [-0.15, -0.1) is 11.3 Å². The number of nitrogens with zero attached hydrogens (tertiary/aromatic N) is 1. The maximum atomic E-state index is 13.9. The Balaban J connectivity index is 1.77. The predicted molar refractivity (Wildman–Crippen MR) is 112 cm³/mol. The largest absolute Gasteiger partial charge is 0.301 e. The van der Waals surface area contributed by atoms with Crippen LogP contribution in [-0.2, 0) is 14.8 Å². The Morgan fingerprint density at radius 1 is 1.07 bits per heavy atom. The molecule has 6 nitrogen and oxygen atoms in total. The molecule has 1 heterocycles. The number of rotatable bonds is 7. The molecule has 0 bridgehead atoms. The third kappa shape index (κ3) is 5.06. The van der Waals surface area contributed by atoms with Gasteiger partial charge in [-0.25, -0.2) is 17.8 Å². The first kappa shape index (κ1) is 21.1. The molecular weight excluding hydrogens is 413 g/mol. The zero-order valence-corrected chi connectivity index (χ0v) is 17.4. The van der Waals surface area contributed by atoms with Crippen molar-refractivity contribution in [1.82, 2.24) is 9.71 Å². The van der Waals surface area contributed by atoms with Gasteiger partial charge in [-0.1, -0.05) is 56.3 Å². The molecule has 1 atom stereocenters. The van der Waals surface area contributed by atoms with Crippen molar-refractivity contribution in [2.24, 2.45) is 5.92 Å².